The maximum Gasteiger partial charge on any atom is 0.416 e. The molecule has 0 atom stereocenters. The first-order chi connectivity index (χ1) is 19.1. The lowest BCUT2D eigenvalue weighted by molar-refractivity contribution is -0.143. The van der Waals surface area contributed by atoms with E-state index < -0.39 is 17.2 Å². The molecule has 0 unspecified atom stereocenters. The number of aromatic nitrogens is 1. The molecule has 1 aliphatic rings. The number of halogens is 4. The normalized spacial score (nSPS) is 15.8. The van der Waals surface area contributed by atoms with Crippen LogP contribution in [-0.2, 0) is 17.4 Å². The van der Waals surface area contributed by atoms with Crippen LogP contribution in [-0.4, -0.2) is 53.5 Å². The first kappa shape index (κ1) is 30.4. The van der Waals surface area contributed by atoms with Crippen LogP contribution in [0.15, 0.2) is 53.6 Å². The second-order valence-corrected chi connectivity index (χ2v) is 11.7. The number of nitrogens with one attached hydrogen (secondary N) is 1. The Kier molecular flexibility index (Phi) is 10.2. The molecule has 0 aliphatic carbocycles. The lowest BCUT2D eigenvalue weighted by Gasteiger charge is -2.40. The van der Waals surface area contributed by atoms with Gasteiger partial charge in [-0.25, -0.2) is 5.48 Å². The van der Waals surface area contributed by atoms with E-state index in [1.54, 1.807) is 13.3 Å². The molecule has 6 nitrogen and oxygen atoms in total. The minimum absolute atomic E-state index is 0.350. The molecule has 11 heteroatoms. The number of thioether (sulfide) groups is 1. The monoisotopic (exact) mass is 595 g/mol. The topological polar surface area (TPSA) is 74.7 Å². The van der Waals surface area contributed by atoms with E-state index >= 15 is 0 Å². The predicted octanol–water partition coefficient (Wildman–Crippen LogP) is 7.01. The van der Waals surface area contributed by atoms with Crippen molar-refractivity contribution in [3.05, 3.63) is 64.8 Å². The van der Waals surface area contributed by atoms with Gasteiger partial charge in [0.1, 0.15) is 5.75 Å². The van der Waals surface area contributed by atoms with Crippen molar-refractivity contribution in [2.24, 2.45) is 5.41 Å². The summed E-state index contributed by atoms with van der Waals surface area (Å²) in [5, 5.41) is 11.0. The summed E-state index contributed by atoms with van der Waals surface area (Å²) >= 11 is 8.05. The van der Waals surface area contributed by atoms with Gasteiger partial charge in [0.2, 0.25) is 5.91 Å². The number of nitrogens with zero attached hydrogens (tertiary/aromatic N) is 2. The zero-order valence-electron chi connectivity index (χ0n) is 22.3. The highest BCUT2D eigenvalue weighted by atomic mass is 35.5. The molecule has 1 fully saturated rings. The van der Waals surface area contributed by atoms with Gasteiger partial charge in [-0.05, 0) is 112 Å². The third kappa shape index (κ3) is 7.40. The largest absolute Gasteiger partial charge is 0.497 e. The number of rotatable bonds is 11. The van der Waals surface area contributed by atoms with Crippen molar-refractivity contribution >= 4 is 40.2 Å². The van der Waals surface area contributed by atoms with Crippen molar-refractivity contribution in [3.8, 4) is 5.75 Å². The lowest BCUT2D eigenvalue weighted by Crippen LogP contribution is -2.48. The van der Waals surface area contributed by atoms with Gasteiger partial charge in [0.25, 0.3) is 0 Å². The SMILES string of the molecule is COc1ccc2ncc(Cl)c(CCCC3(C(=O)NO)CCN(CCCSc4ccc(C(F)(F)F)cc4)CC3)c2c1. The van der Waals surface area contributed by atoms with E-state index in [9.17, 15) is 23.2 Å². The maximum absolute atomic E-state index is 12.8. The Morgan fingerprint density at radius 1 is 1.18 bits per heavy atom. The van der Waals surface area contributed by atoms with Crippen LogP contribution in [0, 0.1) is 5.41 Å². The number of likely N-dealkylation sites (tertiary alicyclic amines) is 1. The number of pyridine rings is 1. The molecule has 1 saturated heterocycles. The van der Waals surface area contributed by atoms with Gasteiger partial charge < -0.3 is 9.64 Å². The van der Waals surface area contributed by atoms with Crippen molar-refractivity contribution in [2.45, 2.75) is 49.6 Å². The Morgan fingerprint density at radius 3 is 2.55 bits per heavy atom. The molecule has 40 heavy (non-hydrogen) atoms. The van der Waals surface area contributed by atoms with Crippen LogP contribution in [0.1, 0.15) is 43.2 Å². The van der Waals surface area contributed by atoms with Gasteiger partial charge in [0.15, 0.2) is 0 Å². The zero-order valence-corrected chi connectivity index (χ0v) is 23.8. The highest BCUT2D eigenvalue weighted by Gasteiger charge is 2.40. The van der Waals surface area contributed by atoms with E-state index in [1.807, 2.05) is 23.7 Å². The number of methoxy groups -OCH3 is 1. The number of ether oxygens (including phenoxy) is 1. The number of benzene rings is 2. The summed E-state index contributed by atoms with van der Waals surface area (Å²) in [6, 6.07) is 10.9. The second kappa shape index (κ2) is 13.4. The number of carbonyl (C=O) groups is 1. The van der Waals surface area contributed by atoms with Crippen LogP contribution < -0.4 is 10.2 Å². The molecule has 3 aromatic rings. The Hall–Kier alpha value is -2.53. The number of hydrogen-bond donors (Lipinski definition) is 2. The van der Waals surface area contributed by atoms with E-state index in [1.165, 1.54) is 23.9 Å². The van der Waals surface area contributed by atoms with E-state index in [-0.39, 0.29) is 5.91 Å². The van der Waals surface area contributed by atoms with Crippen LogP contribution in [0.4, 0.5) is 13.2 Å². The fourth-order valence-corrected chi connectivity index (χ4v) is 6.40. The van der Waals surface area contributed by atoms with Gasteiger partial charge in [-0.2, -0.15) is 13.2 Å². The van der Waals surface area contributed by atoms with Crippen molar-refractivity contribution < 1.29 is 27.9 Å². The number of piperidine rings is 1. The summed E-state index contributed by atoms with van der Waals surface area (Å²) in [5.74, 6) is 1.16. The Morgan fingerprint density at radius 2 is 1.90 bits per heavy atom. The molecule has 1 amide bonds. The average molecular weight is 596 g/mol. The summed E-state index contributed by atoms with van der Waals surface area (Å²) in [7, 11) is 1.61. The minimum atomic E-state index is -4.33. The van der Waals surface area contributed by atoms with Crippen LogP contribution in [0.2, 0.25) is 5.02 Å². The quantitative estimate of drug-likeness (QED) is 0.108. The van der Waals surface area contributed by atoms with Gasteiger partial charge in [0, 0.05) is 16.5 Å². The molecule has 0 spiro atoms. The molecule has 1 aliphatic heterocycles. The number of aryl methyl sites for hydroxylation is 1. The van der Waals surface area contributed by atoms with Crippen molar-refractivity contribution in [3.63, 3.8) is 0 Å². The third-order valence-corrected chi connectivity index (χ3v) is 9.11. The van der Waals surface area contributed by atoms with Crippen molar-refractivity contribution in [1.82, 2.24) is 15.4 Å². The summed E-state index contributed by atoms with van der Waals surface area (Å²) in [6.07, 6.45) is 1.45. The standard InChI is InChI=1S/C29H33ClF3N3O3S/c1-39-21-7-10-26-24(18-21)23(25(30)19-34-26)4-2-11-28(27(37)35-38)12-15-36(16-13-28)14-3-17-40-22-8-5-20(6-9-22)29(31,32)33/h5-10,18-19,38H,2-4,11-17H2,1H3,(H,35,37). The van der Waals surface area contributed by atoms with E-state index in [0.29, 0.717) is 37.1 Å². The highest BCUT2D eigenvalue weighted by Crippen LogP contribution is 2.38. The summed E-state index contributed by atoms with van der Waals surface area (Å²) < 4.78 is 43.6. The van der Waals surface area contributed by atoms with E-state index in [4.69, 9.17) is 16.3 Å². The van der Waals surface area contributed by atoms with Crippen LogP contribution in [0.5, 0.6) is 5.75 Å². The fourth-order valence-electron chi connectivity index (χ4n) is 5.32. The molecule has 2 heterocycles. The average Bonchev–Trinajstić information content (AvgIpc) is 2.96. The van der Waals surface area contributed by atoms with Crippen molar-refractivity contribution in [1.29, 1.82) is 0 Å². The highest BCUT2D eigenvalue weighted by molar-refractivity contribution is 7.99. The summed E-state index contributed by atoms with van der Waals surface area (Å²) in [6.45, 7) is 2.30. The van der Waals surface area contributed by atoms with E-state index in [0.717, 1.165) is 71.1 Å². The molecular formula is C29H33ClF3N3O3S. The van der Waals surface area contributed by atoms with Crippen LogP contribution in [0.3, 0.4) is 0 Å². The zero-order chi connectivity index (χ0) is 28.8. The number of alkyl halides is 3. The number of fused-ring (bicyclic) bond motifs is 1. The van der Waals surface area contributed by atoms with E-state index in [2.05, 4.69) is 9.88 Å². The van der Waals surface area contributed by atoms with Crippen LogP contribution in [0.25, 0.3) is 10.9 Å². The van der Waals surface area contributed by atoms with Gasteiger partial charge in [-0.15, -0.1) is 11.8 Å². The fraction of sp³-hybridized carbons (Fsp3) is 0.448. The Bertz CT molecular complexity index is 1300. The maximum atomic E-state index is 12.8. The molecule has 216 valence electrons. The smallest absolute Gasteiger partial charge is 0.416 e. The van der Waals surface area contributed by atoms with Gasteiger partial charge in [0.05, 0.1) is 28.6 Å². The number of hydroxylamine groups is 1. The molecule has 4 rings (SSSR count). The molecule has 1 aromatic heterocycles. The molecular weight excluding hydrogens is 563 g/mol. The lowest BCUT2D eigenvalue weighted by atomic mass is 9.73. The van der Waals surface area contributed by atoms with Gasteiger partial charge in [-0.1, -0.05) is 11.6 Å². The minimum Gasteiger partial charge on any atom is -0.497 e. The molecule has 0 bridgehead atoms. The molecule has 2 aromatic carbocycles. The van der Waals surface area contributed by atoms with Gasteiger partial charge in [-0.3, -0.25) is 15.0 Å². The predicted molar refractivity (Wildman–Crippen MR) is 151 cm³/mol. The first-order valence-corrected chi connectivity index (χ1v) is 14.6. The summed E-state index contributed by atoms with van der Waals surface area (Å²) in [4.78, 5) is 20.3. The van der Waals surface area contributed by atoms with Gasteiger partial charge >= 0.3 is 6.18 Å². The molecule has 2 N–H and O–H groups in total. The number of hydrogen-bond acceptors (Lipinski definition) is 6. The second-order valence-electron chi connectivity index (χ2n) is 10.1. The Balaban J connectivity index is 1.28. The number of carbonyl (C=O) groups excluding carboxylic acids is 1. The number of amides is 1. The Labute approximate surface area is 241 Å². The molecule has 0 saturated carbocycles. The third-order valence-electron chi connectivity index (χ3n) is 7.68. The first-order valence-electron chi connectivity index (χ1n) is 13.2. The van der Waals surface area contributed by atoms with Crippen molar-refractivity contribution in [2.75, 3.05) is 32.5 Å². The molecule has 0 radical (unpaired) electrons. The summed E-state index contributed by atoms with van der Waals surface area (Å²) in [5.41, 5.74) is 2.39. The van der Waals surface area contributed by atoms with Crippen LogP contribution >= 0.6 is 23.4 Å².